The average molecular weight is 887 g/mol. The molecule has 0 atom stereocenters. The van der Waals surface area contributed by atoms with Crippen LogP contribution in [0, 0.1) is 0 Å². The second kappa shape index (κ2) is 19.2. The van der Waals surface area contributed by atoms with E-state index in [1.165, 1.54) is 12.1 Å². The predicted molar refractivity (Wildman–Crippen MR) is 249 cm³/mol. The number of benzene rings is 7. The quantitative estimate of drug-likeness (QED) is 0.135. The van der Waals surface area contributed by atoms with Crippen molar-refractivity contribution < 1.29 is 22.2 Å². The van der Waals surface area contributed by atoms with Crippen LogP contribution in [0.5, 0.6) is 5.75 Å². The zero-order chi connectivity index (χ0) is 41.5. The summed E-state index contributed by atoms with van der Waals surface area (Å²) in [6.07, 6.45) is 0. The normalized spacial score (nSPS) is 10.8. The molecule has 0 radical (unpaired) electrons. The van der Waals surface area contributed by atoms with Gasteiger partial charge in [0, 0.05) is 43.8 Å². The number of hydrogen-bond acceptors (Lipinski definition) is 4. The van der Waals surface area contributed by atoms with E-state index in [2.05, 4.69) is 178 Å². The van der Waals surface area contributed by atoms with Gasteiger partial charge in [-0.2, -0.15) is 0 Å². The summed E-state index contributed by atoms with van der Waals surface area (Å²) in [5, 5.41) is 27.5. The van der Waals surface area contributed by atoms with Gasteiger partial charge in [0.1, 0.15) is 0 Å². The molecule has 0 saturated heterocycles. The van der Waals surface area contributed by atoms with Crippen LogP contribution in [0.3, 0.4) is 0 Å². The minimum absolute atomic E-state index is 0. The van der Waals surface area contributed by atoms with Gasteiger partial charge < -0.3 is 18.9 Å². The van der Waals surface area contributed by atoms with Crippen molar-refractivity contribution >= 4 is 30.3 Å². The second-order valence-electron chi connectivity index (χ2n) is 14.4. The zero-order valence-electron chi connectivity index (χ0n) is 33.2. The number of para-hydroxylation sites is 1. The third-order valence-corrected chi connectivity index (χ3v) is 11.1. The molecule has 0 spiro atoms. The number of nitrogens with zero attached hydrogens (tertiary/aromatic N) is 6. The van der Waals surface area contributed by atoms with Gasteiger partial charge in [0.05, 0.1) is 17.1 Å². The van der Waals surface area contributed by atoms with Crippen LogP contribution < -0.4 is 5.11 Å². The fraction of sp³-hybridized carbons (Fsp3) is 0. The Bertz CT molecular complexity index is 2700. The Morgan fingerprint density at radius 1 is 0.339 bits per heavy atom. The van der Waals surface area contributed by atoms with Crippen LogP contribution in [0.2, 0.25) is 10.0 Å². The van der Waals surface area contributed by atoms with Crippen LogP contribution in [-0.2, 0) is 17.1 Å². The third kappa shape index (κ3) is 8.94. The molecule has 0 amide bonds. The molecule has 0 saturated carbocycles. The molecule has 0 unspecified atom stereocenters. The molecule has 0 N–H and O–H groups in total. The van der Waals surface area contributed by atoms with Crippen LogP contribution in [0.1, 0.15) is 0 Å². The molecule has 302 valence electrons. The van der Waals surface area contributed by atoms with E-state index in [1.807, 2.05) is 36.4 Å². The van der Waals surface area contributed by atoms with Crippen molar-refractivity contribution in [1.82, 2.24) is 29.1 Å². The summed E-state index contributed by atoms with van der Waals surface area (Å²) in [6.45, 7) is 0. The fourth-order valence-electron chi connectivity index (χ4n) is 7.53. The van der Waals surface area contributed by atoms with Gasteiger partial charge in [0.25, 0.3) is 0 Å². The first-order valence-corrected chi connectivity index (χ1v) is 20.7. The molecule has 3 aromatic heterocycles. The Balaban J connectivity index is 0.000000473. The molecule has 62 heavy (non-hydrogen) atoms. The largest absolute Gasteiger partial charge is 2.00 e. The molecule has 0 aliphatic rings. The maximum absolute atomic E-state index is 10.7. The molecule has 11 heteroatoms. The van der Waals surface area contributed by atoms with E-state index in [9.17, 15) is 5.11 Å². The maximum Gasteiger partial charge on any atom is 2.00 e. The van der Waals surface area contributed by atoms with Gasteiger partial charge in [-0.25, -0.2) is 15.3 Å². The Morgan fingerprint density at radius 3 is 0.823 bits per heavy atom. The first-order valence-electron chi connectivity index (χ1n) is 19.9. The van der Waals surface area contributed by atoms with Gasteiger partial charge in [0.15, 0.2) is 0 Å². The van der Waals surface area contributed by atoms with Crippen molar-refractivity contribution in [3.63, 3.8) is 0 Å². The molecule has 0 bridgehead atoms. The number of aromatic nitrogens is 6. The molecular weight excluding hydrogens is 850 g/mol. The first kappa shape index (κ1) is 41.9. The Morgan fingerprint density at radius 2 is 0.581 bits per heavy atom. The van der Waals surface area contributed by atoms with Gasteiger partial charge in [-0.1, -0.05) is 217 Å². The predicted octanol–water partition coefficient (Wildman–Crippen LogP) is 12.0. The van der Waals surface area contributed by atoms with Gasteiger partial charge in [0.2, 0.25) is 0 Å². The minimum atomic E-state index is -1.96. The second-order valence-corrected chi connectivity index (χ2v) is 15.2. The summed E-state index contributed by atoms with van der Waals surface area (Å²) >= 11 is 10.8. The summed E-state index contributed by atoms with van der Waals surface area (Å²) in [5.41, 5.74) is 11.9. The fourth-order valence-corrected chi connectivity index (χ4v) is 7.93. The van der Waals surface area contributed by atoms with Crippen molar-refractivity contribution in [2.24, 2.45) is 0 Å². The smallest absolute Gasteiger partial charge is 0.870 e. The van der Waals surface area contributed by atoms with E-state index in [0.717, 1.165) is 67.5 Å². The zero-order valence-corrected chi connectivity index (χ0v) is 35.8. The molecule has 7 aromatic carbocycles. The summed E-state index contributed by atoms with van der Waals surface area (Å²) in [5.74, 6) is -0.305. The molecule has 10 aromatic rings. The van der Waals surface area contributed by atoms with E-state index in [0.29, 0.717) is 0 Å². The van der Waals surface area contributed by atoms with E-state index in [-0.39, 0.29) is 32.9 Å². The minimum Gasteiger partial charge on any atom is -0.870 e. The summed E-state index contributed by atoms with van der Waals surface area (Å²) in [4.78, 5) is 0. The number of hydrogen-bond donors (Lipinski definition) is 0. The molecule has 0 fully saturated rings. The van der Waals surface area contributed by atoms with Crippen molar-refractivity contribution in [3.05, 3.63) is 228 Å². The molecule has 3 heterocycles. The van der Waals surface area contributed by atoms with E-state index >= 15 is 0 Å². The van der Waals surface area contributed by atoms with Crippen molar-refractivity contribution in [2.45, 2.75) is 0 Å². The Hall–Kier alpha value is -6.87. The van der Waals surface area contributed by atoms with E-state index < -0.39 is 7.12 Å². The molecule has 10 rings (SSSR count). The van der Waals surface area contributed by atoms with Crippen LogP contribution in [0.4, 0.5) is 0 Å². The van der Waals surface area contributed by atoms with Crippen LogP contribution in [0.25, 0.3) is 67.5 Å². The van der Waals surface area contributed by atoms with Crippen LogP contribution in [0.15, 0.2) is 218 Å². The van der Waals surface area contributed by atoms with Gasteiger partial charge in [-0.3, -0.25) is 0 Å². The third-order valence-electron chi connectivity index (χ3n) is 10.5. The van der Waals surface area contributed by atoms with Crippen LogP contribution in [-0.4, -0.2) is 36.2 Å². The SMILES string of the molecule is [Fe+2].[O-]c1c(Cl)cccc1Cl.c1ccc(-c2cc(-c3ccccc3)n([BH-](n3nc(-c4ccccc4)cc3-c3ccccc3)n3nc(-c4ccccc4)cc3-c3ccccc3)n2)cc1. The monoisotopic (exact) mass is 886 g/mol. The first-order chi connectivity index (χ1) is 30.0. The van der Waals surface area contributed by atoms with Crippen molar-refractivity contribution in [3.8, 4) is 73.3 Å². The van der Waals surface area contributed by atoms with E-state index in [4.69, 9.17) is 38.5 Å². The number of halogens is 2. The summed E-state index contributed by atoms with van der Waals surface area (Å²) < 4.78 is 6.50. The maximum atomic E-state index is 10.7. The van der Waals surface area contributed by atoms with Gasteiger partial charge in [-0.15, -0.1) is 0 Å². The van der Waals surface area contributed by atoms with Gasteiger partial charge >= 0.3 is 24.2 Å². The Labute approximate surface area is 381 Å². The Kier molecular flexibility index (Phi) is 13.0. The van der Waals surface area contributed by atoms with Gasteiger partial charge in [-0.05, 0) is 47.0 Å². The topological polar surface area (TPSA) is 76.5 Å². The number of rotatable bonds is 9. The van der Waals surface area contributed by atoms with Crippen molar-refractivity contribution in [2.75, 3.05) is 0 Å². The molecule has 0 aliphatic heterocycles. The van der Waals surface area contributed by atoms with Crippen molar-refractivity contribution in [1.29, 1.82) is 0 Å². The van der Waals surface area contributed by atoms with E-state index in [1.54, 1.807) is 6.07 Å². The molecular formula is C51H37BCl2FeN6O. The summed E-state index contributed by atoms with van der Waals surface area (Å²) in [6, 6.07) is 73.8. The molecule has 7 nitrogen and oxygen atoms in total. The summed E-state index contributed by atoms with van der Waals surface area (Å²) in [7, 11) is -1.96. The molecule has 0 aliphatic carbocycles. The van der Waals surface area contributed by atoms with Crippen LogP contribution >= 0.6 is 23.2 Å². The average Bonchev–Trinajstić information content (AvgIpc) is 4.09. The standard InChI is InChI=1S/C45H34BN6.C6H4Cl2O.Fe/c1-7-19-34(20-8-1)40-31-43(37-25-13-4-14-26-37)50(47-40)46(51-44(38-27-15-5-16-28-38)32-41(48-51)35-21-9-2-10-22-35)52-45(39-29-17-6-18-30-39)33-42(49-52)36-23-11-3-12-24-36;7-4-2-1-3-5(8)6(4)9;/h1-33,46H;1-3,9H;/q-1;;+2/p-1.